The van der Waals surface area contributed by atoms with Gasteiger partial charge < -0.3 is 10.2 Å². The first-order valence-corrected chi connectivity index (χ1v) is 6.44. The Kier molecular flexibility index (Phi) is 3.21. The minimum atomic E-state index is -0.189. The minimum Gasteiger partial charge on any atom is -0.504 e. The predicted molar refractivity (Wildman–Crippen MR) is 76.7 cm³/mol. The molecule has 0 saturated heterocycles. The maximum atomic E-state index is 9.83. The van der Waals surface area contributed by atoms with Crippen LogP contribution >= 0.6 is 0 Å². The van der Waals surface area contributed by atoms with Crippen molar-refractivity contribution in [3.8, 4) is 11.5 Å². The fraction of sp³-hybridized carbons (Fsp3) is 0.125. The highest BCUT2D eigenvalue weighted by Gasteiger charge is 2.10. The number of aromatic nitrogens is 2. The fourth-order valence-electron chi connectivity index (χ4n) is 2.27. The summed E-state index contributed by atoms with van der Waals surface area (Å²) in [7, 11) is 0. The van der Waals surface area contributed by atoms with E-state index in [-0.39, 0.29) is 11.5 Å². The molecule has 0 saturated carbocycles. The van der Waals surface area contributed by atoms with E-state index in [1.165, 1.54) is 18.0 Å². The Labute approximate surface area is 116 Å². The summed E-state index contributed by atoms with van der Waals surface area (Å²) in [6, 6.07) is 13.4. The molecule has 1 aromatic heterocycles. The van der Waals surface area contributed by atoms with Crippen LogP contribution in [0.3, 0.4) is 0 Å². The number of aromatic hydroxyl groups is 2. The number of hydrogen-bond acceptors (Lipinski definition) is 4. The molecule has 0 radical (unpaired) electrons. The van der Waals surface area contributed by atoms with E-state index >= 15 is 0 Å². The van der Waals surface area contributed by atoms with E-state index in [1.807, 2.05) is 18.2 Å². The highest BCUT2D eigenvalue weighted by atomic mass is 16.3. The summed E-state index contributed by atoms with van der Waals surface area (Å²) in [6.45, 7) is 0. The quantitative estimate of drug-likeness (QED) is 0.715. The second kappa shape index (κ2) is 5.17. The molecule has 4 nitrogen and oxygen atoms in total. The van der Waals surface area contributed by atoms with Crippen molar-refractivity contribution >= 4 is 10.9 Å². The first-order chi connectivity index (χ1) is 9.75. The van der Waals surface area contributed by atoms with Crippen LogP contribution in [0.15, 0.2) is 48.8 Å². The molecule has 1 heterocycles. The third-order valence-electron chi connectivity index (χ3n) is 3.33. The average Bonchev–Trinajstić information content (AvgIpc) is 2.50. The molecule has 3 rings (SSSR count). The summed E-state index contributed by atoms with van der Waals surface area (Å²) in [6.07, 6.45) is 3.05. The van der Waals surface area contributed by atoms with Gasteiger partial charge in [-0.05, 0) is 30.5 Å². The van der Waals surface area contributed by atoms with E-state index in [1.54, 1.807) is 6.07 Å². The van der Waals surface area contributed by atoms with Gasteiger partial charge in [0.2, 0.25) is 0 Å². The molecule has 0 amide bonds. The minimum absolute atomic E-state index is 0.162. The maximum Gasteiger partial charge on any atom is 0.184 e. The number of rotatable bonds is 3. The summed E-state index contributed by atoms with van der Waals surface area (Å²) >= 11 is 0. The zero-order chi connectivity index (χ0) is 13.9. The van der Waals surface area contributed by atoms with Crippen molar-refractivity contribution in [3.05, 3.63) is 60.0 Å². The number of fused-ring (bicyclic) bond motifs is 1. The van der Waals surface area contributed by atoms with E-state index in [2.05, 4.69) is 22.1 Å². The van der Waals surface area contributed by atoms with Gasteiger partial charge >= 0.3 is 0 Å². The molecule has 0 aliphatic rings. The van der Waals surface area contributed by atoms with Crippen LogP contribution in [-0.4, -0.2) is 20.2 Å². The first-order valence-electron chi connectivity index (χ1n) is 6.44. The van der Waals surface area contributed by atoms with Gasteiger partial charge in [-0.25, -0.2) is 9.97 Å². The molecule has 4 heteroatoms. The van der Waals surface area contributed by atoms with Crippen molar-refractivity contribution in [1.82, 2.24) is 9.97 Å². The van der Waals surface area contributed by atoms with Gasteiger partial charge in [-0.1, -0.05) is 30.3 Å². The summed E-state index contributed by atoms with van der Waals surface area (Å²) in [5, 5.41) is 20.1. The lowest BCUT2D eigenvalue weighted by molar-refractivity contribution is 0.407. The SMILES string of the molecule is Oc1ccc2c(CCc3ccccc3)ncnc2c1O. The largest absolute Gasteiger partial charge is 0.504 e. The van der Waals surface area contributed by atoms with E-state index in [9.17, 15) is 10.2 Å². The van der Waals surface area contributed by atoms with Crippen LogP contribution < -0.4 is 0 Å². The standard InChI is InChI=1S/C16H14N2O2/c19-14-9-7-12-13(17-10-18-15(12)16(14)20)8-6-11-4-2-1-3-5-11/h1-5,7,9-10,19-20H,6,8H2. The number of nitrogens with zero attached hydrogens (tertiary/aromatic N) is 2. The lowest BCUT2D eigenvalue weighted by atomic mass is 10.0. The summed E-state index contributed by atoms with van der Waals surface area (Å²) in [4.78, 5) is 8.32. The third-order valence-corrected chi connectivity index (χ3v) is 3.33. The van der Waals surface area contributed by atoms with Crippen molar-refractivity contribution in [2.45, 2.75) is 12.8 Å². The smallest absolute Gasteiger partial charge is 0.184 e. The van der Waals surface area contributed by atoms with Crippen LogP contribution in [0.5, 0.6) is 11.5 Å². The summed E-state index contributed by atoms with van der Waals surface area (Å²) in [5.74, 6) is -0.351. The van der Waals surface area contributed by atoms with Gasteiger partial charge in [0.1, 0.15) is 11.8 Å². The molecule has 2 N–H and O–H groups in total. The molecule has 0 aliphatic carbocycles. The molecular formula is C16H14N2O2. The van der Waals surface area contributed by atoms with Gasteiger partial charge in [-0.2, -0.15) is 0 Å². The highest BCUT2D eigenvalue weighted by Crippen LogP contribution is 2.32. The van der Waals surface area contributed by atoms with Crippen LogP contribution in [0.25, 0.3) is 10.9 Å². The normalized spacial score (nSPS) is 10.8. The number of phenols is 2. The second-order valence-electron chi connectivity index (χ2n) is 4.64. The molecule has 0 spiro atoms. The second-order valence-corrected chi connectivity index (χ2v) is 4.64. The molecule has 3 aromatic rings. The number of aryl methyl sites for hydroxylation is 2. The zero-order valence-electron chi connectivity index (χ0n) is 10.8. The molecular weight excluding hydrogens is 252 g/mol. The van der Waals surface area contributed by atoms with Crippen molar-refractivity contribution in [1.29, 1.82) is 0 Å². The van der Waals surface area contributed by atoms with Gasteiger partial charge in [0.05, 0.1) is 5.69 Å². The number of phenolic OH excluding ortho intramolecular Hbond substituents is 2. The fourth-order valence-corrected chi connectivity index (χ4v) is 2.27. The number of hydrogen-bond donors (Lipinski definition) is 2. The van der Waals surface area contributed by atoms with E-state index < -0.39 is 0 Å². The summed E-state index contributed by atoms with van der Waals surface area (Å²) < 4.78 is 0. The zero-order valence-corrected chi connectivity index (χ0v) is 10.8. The molecule has 20 heavy (non-hydrogen) atoms. The molecule has 0 unspecified atom stereocenters. The van der Waals surface area contributed by atoms with Crippen LogP contribution in [0.2, 0.25) is 0 Å². The Morgan fingerprint density at radius 1 is 0.850 bits per heavy atom. The molecule has 0 atom stereocenters. The van der Waals surface area contributed by atoms with E-state index in [4.69, 9.17) is 0 Å². The molecule has 0 aliphatic heterocycles. The van der Waals surface area contributed by atoms with Gasteiger partial charge in [-0.3, -0.25) is 0 Å². The van der Waals surface area contributed by atoms with Gasteiger partial charge in [0.25, 0.3) is 0 Å². The van der Waals surface area contributed by atoms with E-state index in [0.717, 1.165) is 23.9 Å². The van der Waals surface area contributed by atoms with Crippen molar-refractivity contribution in [2.75, 3.05) is 0 Å². The Morgan fingerprint density at radius 3 is 2.45 bits per heavy atom. The monoisotopic (exact) mass is 266 g/mol. The van der Waals surface area contributed by atoms with E-state index in [0.29, 0.717) is 5.52 Å². The lowest BCUT2D eigenvalue weighted by Crippen LogP contribution is -1.97. The number of benzene rings is 2. The Bertz CT molecular complexity index is 742. The van der Waals surface area contributed by atoms with Gasteiger partial charge in [0, 0.05) is 5.39 Å². The van der Waals surface area contributed by atoms with Gasteiger partial charge in [-0.15, -0.1) is 0 Å². The van der Waals surface area contributed by atoms with Crippen molar-refractivity contribution in [3.63, 3.8) is 0 Å². The van der Waals surface area contributed by atoms with Crippen LogP contribution in [0, 0.1) is 0 Å². The molecule has 0 bridgehead atoms. The first kappa shape index (κ1) is 12.4. The highest BCUT2D eigenvalue weighted by molar-refractivity contribution is 5.88. The third kappa shape index (κ3) is 2.28. The summed E-state index contributed by atoms with van der Waals surface area (Å²) in [5.41, 5.74) is 2.50. The maximum absolute atomic E-state index is 9.83. The van der Waals surface area contributed by atoms with Crippen molar-refractivity contribution in [2.24, 2.45) is 0 Å². The Balaban J connectivity index is 1.94. The lowest BCUT2D eigenvalue weighted by Gasteiger charge is -2.07. The Hall–Kier alpha value is -2.62. The topological polar surface area (TPSA) is 66.2 Å². The van der Waals surface area contributed by atoms with Crippen LogP contribution in [0.1, 0.15) is 11.3 Å². The molecule has 0 fully saturated rings. The van der Waals surface area contributed by atoms with Crippen LogP contribution in [0.4, 0.5) is 0 Å². The molecule has 100 valence electrons. The average molecular weight is 266 g/mol. The Morgan fingerprint density at radius 2 is 1.65 bits per heavy atom. The molecule has 2 aromatic carbocycles. The van der Waals surface area contributed by atoms with Crippen molar-refractivity contribution < 1.29 is 10.2 Å². The predicted octanol–water partition coefficient (Wildman–Crippen LogP) is 2.83. The van der Waals surface area contributed by atoms with Crippen LogP contribution in [-0.2, 0) is 12.8 Å². The van der Waals surface area contributed by atoms with Gasteiger partial charge in [0.15, 0.2) is 11.5 Å².